The molecule has 1 aromatic carbocycles. The fourth-order valence-electron chi connectivity index (χ4n) is 1.58. The first-order valence-corrected chi connectivity index (χ1v) is 9.04. The molecule has 0 unspecified atom stereocenters. The van der Waals surface area contributed by atoms with E-state index in [-0.39, 0.29) is 11.5 Å². The van der Waals surface area contributed by atoms with Crippen LogP contribution in [0.1, 0.15) is 10.6 Å². The lowest BCUT2D eigenvalue weighted by molar-refractivity contribution is 0.319. The highest BCUT2D eigenvalue weighted by Gasteiger charge is 2.19. The predicted molar refractivity (Wildman–Crippen MR) is 84.6 cm³/mol. The third-order valence-electron chi connectivity index (χ3n) is 2.48. The molecule has 1 heterocycles. The van der Waals surface area contributed by atoms with Gasteiger partial charge in [-0.2, -0.15) is 5.10 Å². The molecule has 2 aromatic rings. The minimum Gasteiger partial charge on any atom is -0.411 e. The molecule has 0 saturated heterocycles. The van der Waals surface area contributed by atoms with Crippen LogP contribution in [-0.4, -0.2) is 35.3 Å². The van der Waals surface area contributed by atoms with Gasteiger partial charge in [0, 0.05) is 10.6 Å². The number of sulfone groups is 1. The van der Waals surface area contributed by atoms with Gasteiger partial charge in [-0.3, -0.25) is 5.10 Å². The van der Waals surface area contributed by atoms with Crippen molar-refractivity contribution in [1.82, 2.24) is 10.2 Å². The first-order chi connectivity index (χ1) is 9.89. The van der Waals surface area contributed by atoms with Gasteiger partial charge in [0.15, 0.2) is 13.8 Å². The predicted octanol–water partition coefficient (Wildman–Crippen LogP) is 2.65. The molecule has 0 fully saturated rings. The van der Waals surface area contributed by atoms with Gasteiger partial charge in [-0.25, -0.2) is 8.42 Å². The molecule has 0 bridgehead atoms. The molecule has 112 valence electrons. The maximum Gasteiger partial charge on any atom is 0.176 e. The summed E-state index contributed by atoms with van der Waals surface area (Å²) >= 11 is 11.7. The maximum atomic E-state index is 12.1. The lowest BCUT2D eigenvalue weighted by atomic mass is 10.1. The van der Waals surface area contributed by atoms with Gasteiger partial charge < -0.3 is 5.21 Å². The zero-order valence-electron chi connectivity index (χ0n) is 10.5. The molecule has 0 atom stereocenters. The standard InChI is InChI=1S/C11H10ClN3O3S3/c12-8-3-1-7(2-4-8)9(15-16)5-21(17,18)6-10-13-14-11(19)20-10/h1-4,16H,5-6H2,(H,14,19)/b15-9-. The number of hydrogen-bond acceptors (Lipinski definition) is 7. The van der Waals surface area contributed by atoms with Crippen molar-refractivity contribution in [3.63, 3.8) is 0 Å². The zero-order chi connectivity index (χ0) is 15.5. The third-order valence-corrected chi connectivity index (χ3v) is 5.43. The van der Waals surface area contributed by atoms with E-state index < -0.39 is 15.6 Å². The van der Waals surface area contributed by atoms with Crippen LogP contribution in [0.3, 0.4) is 0 Å². The van der Waals surface area contributed by atoms with Crippen molar-refractivity contribution in [2.45, 2.75) is 5.75 Å². The Kier molecular flexibility index (Phi) is 5.09. The van der Waals surface area contributed by atoms with Crippen molar-refractivity contribution in [2.24, 2.45) is 5.16 Å². The van der Waals surface area contributed by atoms with Crippen molar-refractivity contribution in [1.29, 1.82) is 0 Å². The van der Waals surface area contributed by atoms with E-state index in [0.717, 1.165) is 11.3 Å². The van der Waals surface area contributed by atoms with E-state index in [9.17, 15) is 8.42 Å². The Morgan fingerprint density at radius 1 is 1.43 bits per heavy atom. The number of H-pyrrole nitrogens is 1. The highest BCUT2D eigenvalue weighted by molar-refractivity contribution is 7.91. The summed E-state index contributed by atoms with van der Waals surface area (Å²) in [6, 6.07) is 6.36. The van der Waals surface area contributed by atoms with Gasteiger partial charge in [-0.05, 0) is 24.4 Å². The van der Waals surface area contributed by atoms with Crippen LogP contribution in [0.2, 0.25) is 5.02 Å². The number of oxime groups is 1. The average Bonchev–Trinajstić information content (AvgIpc) is 2.81. The Balaban J connectivity index is 2.17. The Morgan fingerprint density at radius 2 is 2.10 bits per heavy atom. The number of hydrogen-bond donors (Lipinski definition) is 2. The van der Waals surface area contributed by atoms with Crippen molar-refractivity contribution in [2.75, 3.05) is 5.75 Å². The molecule has 0 saturated carbocycles. The summed E-state index contributed by atoms with van der Waals surface area (Å²) in [6.45, 7) is 0. The molecule has 21 heavy (non-hydrogen) atoms. The molecule has 0 amide bonds. The van der Waals surface area contributed by atoms with E-state index >= 15 is 0 Å². The Bertz CT molecular complexity index is 809. The van der Waals surface area contributed by atoms with E-state index in [1.807, 2.05) is 0 Å². The van der Waals surface area contributed by atoms with Crippen molar-refractivity contribution in [3.05, 3.63) is 43.8 Å². The van der Waals surface area contributed by atoms with E-state index in [1.54, 1.807) is 24.3 Å². The number of nitrogens with one attached hydrogen (secondary N) is 1. The monoisotopic (exact) mass is 363 g/mol. The molecular weight excluding hydrogens is 354 g/mol. The summed E-state index contributed by atoms with van der Waals surface area (Å²) in [5.74, 6) is -0.672. The summed E-state index contributed by atoms with van der Waals surface area (Å²) in [7, 11) is -3.53. The minimum atomic E-state index is -3.53. The second kappa shape index (κ2) is 6.65. The van der Waals surface area contributed by atoms with Crippen LogP contribution in [0.25, 0.3) is 0 Å². The molecule has 1 aromatic heterocycles. The minimum absolute atomic E-state index is 0.0470. The Labute approximate surface area is 135 Å². The topological polar surface area (TPSA) is 95.4 Å². The quantitative estimate of drug-likeness (QED) is 0.368. The Morgan fingerprint density at radius 3 is 2.62 bits per heavy atom. The van der Waals surface area contributed by atoms with Gasteiger partial charge in [0.25, 0.3) is 0 Å². The fourth-order valence-corrected chi connectivity index (χ4v) is 4.40. The number of halogens is 1. The summed E-state index contributed by atoms with van der Waals surface area (Å²) in [6.07, 6.45) is 0. The van der Waals surface area contributed by atoms with Crippen LogP contribution in [0.15, 0.2) is 29.4 Å². The molecule has 6 nitrogen and oxygen atoms in total. The molecule has 10 heteroatoms. The average molecular weight is 364 g/mol. The summed E-state index contributed by atoms with van der Waals surface area (Å²) in [5, 5.41) is 19.3. The van der Waals surface area contributed by atoms with Crippen LogP contribution < -0.4 is 0 Å². The van der Waals surface area contributed by atoms with Crippen LogP contribution in [-0.2, 0) is 15.6 Å². The van der Waals surface area contributed by atoms with Gasteiger partial charge in [0.1, 0.15) is 16.5 Å². The van der Waals surface area contributed by atoms with Gasteiger partial charge in [-0.15, -0.1) is 0 Å². The molecule has 2 rings (SSSR count). The van der Waals surface area contributed by atoms with E-state index in [2.05, 4.69) is 15.4 Å². The second-order valence-corrected chi connectivity index (χ2v) is 8.34. The lowest BCUT2D eigenvalue weighted by Crippen LogP contribution is -2.19. The van der Waals surface area contributed by atoms with Crippen LogP contribution in [0, 0.1) is 3.95 Å². The summed E-state index contributed by atoms with van der Waals surface area (Å²) in [4.78, 5) is 0. The molecule has 0 aliphatic rings. The normalized spacial score (nSPS) is 12.5. The first kappa shape index (κ1) is 16.1. The molecule has 0 aliphatic carbocycles. The van der Waals surface area contributed by atoms with E-state index in [4.69, 9.17) is 29.0 Å². The van der Waals surface area contributed by atoms with Crippen LogP contribution in [0.4, 0.5) is 0 Å². The summed E-state index contributed by atoms with van der Waals surface area (Å²) in [5.41, 5.74) is 0.533. The van der Waals surface area contributed by atoms with Gasteiger partial charge in [0.05, 0.1) is 5.75 Å². The molecule has 0 radical (unpaired) electrons. The molecule has 0 spiro atoms. The molecule has 2 N–H and O–H groups in total. The molecule has 0 aliphatic heterocycles. The maximum absolute atomic E-state index is 12.1. The van der Waals surface area contributed by atoms with Gasteiger partial charge >= 0.3 is 0 Å². The van der Waals surface area contributed by atoms with Crippen LogP contribution >= 0.6 is 35.2 Å². The largest absolute Gasteiger partial charge is 0.411 e. The SMILES string of the molecule is O=S(=O)(C/C(=N/O)c1ccc(Cl)cc1)Cc1n[nH]c(=S)s1. The number of aromatic amines is 1. The summed E-state index contributed by atoms with van der Waals surface area (Å²) < 4.78 is 24.7. The zero-order valence-corrected chi connectivity index (χ0v) is 13.7. The van der Waals surface area contributed by atoms with Crippen LogP contribution in [0.5, 0.6) is 0 Å². The Hall–Kier alpha value is -1.29. The fraction of sp³-hybridized carbons (Fsp3) is 0.182. The molecular formula is C11H10ClN3O3S3. The van der Waals surface area contributed by atoms with Gasteiger partial charge in [0.2, 0.25) is 0 Å². The second-order valence-electron chi connectivity index (χ2n) is 4.09. The first-order valence-electron chi connectivity index (χ1n) is 5.61. The van der Waals surface area contributed by atoms with Crippen molar-refractivity contribution in [3.8, 4) is 0 Å². The highest BCUT2D eigenvalue weighted by atomic mass is 35.5. The van der Waals surface area contributed by atoms with Crippen molar-refractivity contribution >= 4 is 50.7 Å². The number of nitrogens with zero attached hydrogens (tertiary/aromatic N) is 2. The van der Waals surface area contributed by atoms with E-state index in [1.165, 1.54) is 0 Å². The lowest BCUT2D eigenvalue weighted by Gasteiger charge is -2.05. The van der Waals surface area contributed by atoms with Gasteiger partial charge in [-0.1, -0.05) is 40.2 Å². The third kappa shape index (κ3) is 4.60. The highest BCUT2D eigenvalue weighted by Crippen LogP contribution is 2.14. The van der Waals surface area contributed by atoms with Crippen molar-refractivity contribution < 1.29 is 13.6 Å². The number of rotatable bonds is 5. The number of aromatic nitrogens is 2. The number of benzene rings is 1. The smallest absolute Gasteiger partial charge is 0.176 e. The van der Waals surface area contributed by atoms with E-state index in [0.29, 0.717) is 19.5 Å².